The van der Waals surface area contributed by atoms with E-state index in [-0.39, 0.29) is 35.5 Å². The van der Waals surface area contributed by atoms with Gasteiger partial charge in [-0.05, 0) is 29.8 Å². The van der Waals surface area contributed by atoms with E-state index in [1.165, 1.54) is 13.2 Å². The highest BCUT2D eigenvalue weighted by Gasteiger charge is 2.12. The Kier molecular flexibility index (Phi) is 9.84. The van der Waals surface area contributed by atoms with Gasteiger partial charge in [0.25, 0.3) is 0 Å². The summed E-state index contributed by atoms with van der Waals surface area (Å²) in [6.07, 6.45) is 0. The molecule has 28 heavy (non-hydrogen) atoms. The van der Waals surface area contributed by atoms with Crippen molar-refractivity contribution < 1.29 is 18.6 Å². The second kappa shape index (κ2) is 11.6. The molecule has 0 fully saturated rings. The zero-order valence-corrected chi connectivity index (χ0v) is 19.1. The molecule has 8 heteroatoms. The maximum Gasteiger partial charge on any atom is 0.193 e. The first-order chi connectivity index (χ1) is 13.0. The Morgan fingerprint density at radius 2 is 1.75 bits per heavy atom. The summed E-state index contributed by atoms with van der Waals surface area (Å²) in [5.41, 5.74) is 1.80. The van der Waals surface area contributed by atoms with Gasteiger partial charge in [0, 0.05) is 38.8 Å². The summed E-state index contributed by atoms with van der Waals surface area (Å²) in [5, 5.41) is 3.23. The summed E-state index contributed by atoms with van der Waals surface area (Å²) in [5.74, 6) is 2.01. The number of halogens is 2. The molecule has 154 valence electrons. The van der Waals surface area contributed by atoms with Crippen LogP contribution in [0.1, 0.15) is 11.1 Å². The summed E-state index contributed by atoms with van der Waals surface area (Å²) >= 11 is 0. The molecule has 2 aromatic rings. The standard InChI is InChI=1S/C20H26FN3O3.HI/c1-22-20(23-12-14-6-9-18(26-4)17(21)10-14)24(2)13-15-7-8-16(25-3)11-19(15)27-5;/h6-11H,12-13H2,1-5H3,(H,22,23);1H. The van der Waals surface area contributed by atoms with Crippen LogP contribution in [-0.4, -0.2) is 46.3 Å². The molecule has 0 aromatic heterocycles. The minimum absolute atomic E-state index is 0. The molecular formula is C20H27FIN3O3. The first-order valence-corrected chi connectivity index (χ1v) is 8.47. The van der Waals surface area contributed by atoms with Gasteiger partial charge in [-0.1, -0.05) is 6.07 Å². The van der Waals surface area contributed by atoms with Gasteiger partial charge in [0.05, 0.1) is 21.3 Å². The molecule has 0 amide bonds. The van der Waals surface area contributed by atoms with Crippen molar-refractivity contribution in [2.45, 2.75) is 13.1 Å². The Labute approximate surface area is 182 Å². The molecule has 0 heterocycles. The number of aliphatic imine (C=N–C) groups is 1. The van der Waals surface area contributed by atoms with Crippen LogP contribution in [0.4, 0.5) is 4.39 Å². The molecule has 0 atom stereocenters. The summed E-state index contributed by atoms with van der Waals surface area (Å²) < 4.78 is 29.4. The van der Waals surface area contributed by atoms with Gasteiger partial charge in [0.1, 0.15) is 11.5 Å². The number of methoxy groups -OCH3 is 3. The highest BCUT2D eigenvalue weighted by atomic mass is 127. The minimum atomic E-state index is -0.386. The van der Waals surface area contributed by atoms with Crippen LogP contribution in [0.3, 0.4) is 0 Å². The zero-order valence-electron chi connectivity index (χ0n) is 16.8. The van der Waals surface area contributed by atoms with Gasteiger partial charge in [-0.3, -0.25) is 4.99 Å². The number of ether oxygens (including phenoxy) is 3. The lowest BCUT2D eigenvalue weighted by atomic mass is 10.2. The van der Waals surface area contributed by atoms with Crippen LogP contribution in [0.2, 0.25) is 0 Å². The van der Waals surface area contributed by atoms with Crippen LogP contribution < -0.4 is 19.5 Å². The van der Waals surface area contributed by atoms with Crippen molar-refractivity contribution in [3.05, 3.63) is 53.3 Å². The summed E-state index contributed by atoms with van der Waals surface area (Å²) in [7, 11) is 8.32. The molecule has 0 aliphatic rings. The molecular weight excluding hydrogens is 476 g/mol. The minimum Gasteiger partial charge on any atom is -0.497 e. The second-order valence-electron chi connectivity index (χ2n) is 5.90. The van der Waals surface area contributed by atoms with Crippen LogP contribution in [-0.2, 0) is 13.1 Å². The lowest BCUT2D eigenvalue weighted by Gasteiger charge is -2.23. The van der Waals surface area contributed by atoms with Crippen molar-refractivity contribution in [2.75, 3.05) is 35.4 Å². The number of hydrogen-bond acceptors (Lipinski definition) is 4. The van der Waals surface area contributed by atoms with E-state index in [0.717, 1.165) is 22.6 Å². The van der Waals surface area contributed by atoms with Crippen LogP contribution in [0, 0.1) is 5.82 Å². The van der Waals surface area contributed by atoms with Crippen LogP contribution in [0.25, 0.3) is 0 Å². The summed E-state index contributed by atoms with van der Waals surface area (Å²) in [6, 6.07) is 10.6. The fourth-order valence-corrected chi connectivity index (χ4v) is 2.70. The smallest absolute Gasteiger partial charge is 0.193 e. The molecule has 0 radical (unpaired) electrons. The Balaban J connectivity index is 0.00000392. The van der Waals surface area contributed by atoms with Crippen molar-refractivity contribution >= 4 is 29.9 Å². The first-order valence-electron chi connectivity index (χ1n) is 8.47. The number of rotatable bonds is 7. The van der Waals surface area contributed by atoms with Gasteiger partial charge >= 0.3 is 0 Å². The quantitative estimate of drug-likeness (QED) is 0.355. The van der Waals surface area contributed by atoms with Crippen molar-refractivity contribution in [1.29, 1.82) is 0 Å². The van der Waals surface area contributed by atoms with Crippen molar-refractivity contribution in [3.63, 3.8) is 0 Å². The van der Waals surface area contributed by atoms with Crippen LogP contribution in [0.5, 0.6) is 17.2 Å². The number of nitrogens with one attached hydrogen (secondary N) is 1. The maximum atomic E-state index is 13.8. The topological polar surface area (TPSA) is 55.3 Å². The number of benzene rings is 2. The maximum absolute atomic E-state index is 13.8. The van der Waals surface area contributed by atoms with Crippen molar-refractivity contribution in [1.82, 2.24) is 10.2 Å². The largest absolute Gasteiger partial charge is 0.497 e. The van der Waals surface area contributed by atoms with E-state index in [9.17, 15) is 4.39 Å². The van der Waals surface area contributed by atoms with Gasteiger partial charge < -0.3 is 24.4 Å². The molecule has 0 spiro atoms. The molecule has 6 nitrogen and oxygen atoms in total. The van der Waals surface area contributed by atoms with Gasteiger partial charge in [-0.25, -0.2) is 4.39 Å². The summed E-state index contributed by atoms with van der Waals surface area (Å²) in [4.78, 5) is 6.25. The van der Waals surface area contributed by atoms with Gasteiger partial charge in [-0.2, -0.15) is 0 Å². The van der Waals surface area contributed by atoms with Crippen molar-refractivity contribution in [3.8, 4) is 17.2 Å². The third-order valence-electron chi connectivity index (χ3n) is 4.14. The average Bonchev–Trinajstić information content (AvgIpc) is 2.68. The molecule has 2 aromatic carbocycles. The SMILES string of the molecule is CN=C(NCc1ccc(OC)c(F)c1)N(C)Cc1ccc(OC)cc1OC.I. The normalized spacial score (nSPS) is 10.7. The molecule has 0 saturated heterocycles. The molecule has 0 aliphatic heterocycles. The molecule has 0 bridgehead atoms. The van der Waals surface area contributed by atoms with Gasteiger partial charge in [0.2, 0.25) is 0 Å². The third kappa shape index (κ3) is 6.15. The van der Waals surface area contributed by atoms with Crippen LogP contribution in [0.15, 0.2) is 41.4 Å². The molecule has 1 N–H and O–H groups in total. The molecule has 0 aliphatic carbocycles. The van der Waals surface area contributed by atoms with E-state index >= 15 is 0 Å². The van der Waals surface area contributed by atoms with E-state index in [2.05, 4.69) is 10.3 Å². The lowest BCUT2D eigenvalue weighted by molar-refractivity contribution is 0.382. The van der Waals surface area contributed by atoms with E-state index in [4.69, 9.17) is 14.2 Å². The predicted molar refractivity (Wildman–Crippen MR) is 120 cm³/mol. The fraction of sp³-hybridized carbons (Fsp3) is 0.350. The van der Waals surface area contributed by atoms with Gasteiger partial charge in [-0.15, -0.1) is 24.0 Å². The van der Waals surface area contributed by atoms with E-state index in [0.29, 0.717) is 19.0 Å². The zero-order chi connectivity index (χ0) is 19.8. The second-order valence-corrected chi connectivity index (χ2v) is 5.90. The number of guanidine groups is 1. The molecule has 2 rings (SSSR count). The number of nitrogens with zero attached hydrogens (tertiary/aromatic N) is 2. The number of hydrogen-bond donors (Lipinski definition) is 1. The van der Waals surface area contributed by atoms with E-state index < -0.39 is 0 Å². The lowest BCUT2D eigenvalue weighted by Crippen LogP contribution is -2.38. The Morgan fingerprint density at radius 3 is 2.32 bits per heavy atom. The van der Waals surface area contributed by atoms with Crippen molar-refractivity contribution in [2.24, 2.45) is 4.99 Å². The molecule has 0 unspecified atom stereocenters. The highest BCUT2D eigenvalue weighted by molar-refractivity contribution is 14.0. The summed E-state index contributed by atoms with van der Waals surface area (Å²) in [6.45, 7) is 1.03. The average molecular weight is 503 g/mol. The monoisotopic (exact) mass is 503 g/mol. The van der Waals surface area contributed by atoms with Gasteiger partial charge in [0.15, 0.2) is 17.5 Å². The molecule has 0 saturated carbocycles. The Bertz CT molecular complexity index is 802. The third-order valence-corrected chi connectivity index (χ3v) is 4.14. The Morgan fingerprint density at radius 1 is 1.04 bits per heavy atom. The fourth-order valence-electron chi connectivity index (χ4n) is 2.70. The Hall–Kier alpha value is -2.23. The van der Waals surface area contributed by atoms with E-state index in [1.54, 1.807) is 27.3 Å². The predicted octanol–water partition coefficient (Wildman–Crippen LogP) is 3.68. The first kappa shape index (κ1) is 23.8. The highest BCUT2D eigenvalue weighted by Crippen LogP contribution is 2.25. The van der Waals surface area contributed by atoms with E-state index in [1.807, 2.05) is 36.2 Å². The van der Waals surface area contributed by atoms with Crippen LogP contribution >= 0.6 is 24.0 Å².